The van der Waals surface area contributed by atoms with E-state index in [0.717, 1.165) is 15.7 Å². The van der Waals surface area contributed by atoms with Gasteiger partial charge >= 0.3 is 0 Å². The van der Waals surface area contributed by atoms with E-state index in [0.29, 0.717) is 5.41 Å². The summed E-state index contributed by atoms with van der Waals surface area (Å²) < 4.78 is 0. The predicted octanol–water partition coefficient (Wildman–Crippen LogP) is 5.51. The molecule has 1 aliphatic heterocycles. The summed E-state index contributed by atoms with van der Waals surface area (Å²) in [5.74, 6) is 6.60. The smallest absolute Gasteiger partial charge is 0.0229 e. The van der Waals surface area contributed by atoms with Crippen LogP contribution in [0.2, 0.25) is 0 Å². The van der Waals surface area contributed by atoms with Crippen molar-refractivity contribution >= 4 is 47.0 Å². The first kappa shape index (κ1) is 18.4. The Labute approximate surface area is 137 Å². The predicted molar refractivity (Wildman–Crippen MR) is 101 cm³/mol. The Balaban J connectivity index is 2.38. The standard InChI is InChI=1S/C15H30S4/c1-6-16-11-14(17-7-2)15(4,5)8-12(3)18-9-13-10-19-13/h12-14H,6-11H2,1-5H3. The van der Waals surface area contributed by atoms with Crippen molar-refractivity contribution in [3.63, 3.8) is 0 Å². The van der Waals surface area contributed by atoms with Gasteiger partial charge in [0.05, 0.1) is 0 Å². The normalized spacial score (nSPS) is 22.3. The van der Waals surface area contributed by atoms with Gasteiger partial charge in [-0.05, 0) is 23.3 Å². The molecule has 3 atom stereocenters. The van der Waals surface area contributed by atoms with Gasteiger partial charge in [-0.25, -0.2) is 0 Å². The highest BCUT2D eigenvalue weighted by Crippen LogP contribution is 2.41. The Morgan fingerprint density at radius 1 is 1.21 bits per heavy atom. The third-order valence-electron chi connectivity index (χ3n) is 3.50. The molecule has 0 bridgehead atoms. The summed E-state index contributed by atoms with van der Waals surface area (Å²) in [6.45, 7) is 12.0. The van der Waals surface area contributed by atoms with E-state index in [-0.39, 0.29) is 0 Å². The maximum absolute atomic E-state index is 2.49. The van der Waals surface area contributed by atoms with Crippen LogP contribution in [0.4, 0.5) is 0 Å². The number of hydrogen-bond donors (Lipinski definition) is 0. The van der Waals surface area contributed by atoms with E-state index >= 15 is 0 Å². The summed E-state index contributed by atoms with van der Waals surface area (Å²) in [5, 5.41) is 2.59. The van der Waals surface area contributed by atoms with Crippen LogP contribution < -0.4 is 0 Å². The zero-order valence-electron chi connectivity index (χ0n) is 13.1. The van der Waals surface area contributed by atoms with Crippen molar-refractivity contribution in [2.45, 2.75) is 56.8 Å². The molecule has 0 spiro atoms. The topological polar surface area (TPSA) is 0 Å². The minimum Gasteiger partial charge on any atom is -0.161 e. The van der Waals surface area contributed by atoms with Crippen LogP contribution in [0.1, 0.15) is 41.0 Å². The van der Waals surface area contributed by atoms with Crippen molar-refractivity contribution in [2.75, 3.05) is 28.8 Å². The number of hydrogen-bond acceptors (Lipinski definition) is 4. The molecule has 114 valence electrons. The van der Waals surface area contributed by atoms with Crippen LogP contribution in [0.5, 0.6) is 0 Å². The summed E-state index contributed by atoms with van der Waals surface area (Å²) in [7, 11) is 0. The Kier molecular flexibility index (Phi) is 9.15. The van der Waals surface area contributed by atoms with Gasteiger partial charge in [0.2, 0.25) is 0 Å². The second-order valence-electron chi connectivity index (χ2n) is 5.90. The summed E-state index contributed by atoms with van der Waals surface area (Å²) >= 11 is 8.60. The van der Waals surface area contributed by atoms with Crippen LogP contribution >= 0.6 is 47.0 Å². The molecule has 0 aromatic heterocycles. The highest BCUT2D eigenvalue weighted by atomic mass is 32.2. The fraction of sp³-hybridized carbons (Fsp3) is 1.00. The van der Waals surface area contributed by atoms with Crippen LogP contribution in [0.25, 0.3) is 0 Å². The maximum Gasteiger partial charge on any atom is 0.0229 e. The molecule has 3 unspecified atom stereocenters. The Bertz CT molecular complexity index is 238. The van der Waals surface area contributed by atoms with E-state index in [1.54, 1.807) is 0 Å². The molecule has 0 aromatic carbocycles. The molecule has 1 rings (SSSR count). The Morgan fingerprint density at radius 2 is 1.89 bits per heavy atom. The molecular formula is C15H30S4. The molecule has 4 heteroatoms. The fourth-order valence-corrected chi connectivity index (χ4v) is 7.05. The minimum absolute atomic E-state index is 0.464. The molecule has 0 aromatic rings. The first-order chi connectivity index (χ1) is 8.99. The molecule has 1 heterocycles. The Morgan fingerprint density at radius 3 is 2.42 bits per heavy atom. The third kappa shape index (κ3) is 7.82. The van der Waals surface area contributed by atoms with Gasteiger partial charge in [-0.15, -0.1) is 0 Å². The van der Waals surface area contributed by atoms with Crippen LogP contribution in [0.15, 0.2) is 0 Å². The first-order valence-corrected chi connectivity index (χ1v) is 11.7. The SMILES string of the molecule is CCSCC(SCC)C(C)(C)CC(C)SCC1CS1. The summed E-state index contributed by atoms with van der Waals surface area (Å²) in [5.41, 5.74) is 0.464. The van der Waals surface area contributed by atoms with Gasteiger partial charge in [-0.2, -0.15) is 47.0 Å². The van der Waals surface area contributed by atoms with E-state index < -0.39 is 0 Å². The molecule has 0 nitrogen and oxygen atoms in total. The molecule has 0 saturated carbocycles. The molecule has 0 N–H and O–H groups in total. The lowest BCUT2D eigenvalue weighted by atomic mass is 9.84. The van der Waals surface area contributed by atoms with Gasteiger partial charge in [0, 0.05) is 33.0 Å². The van der Waals surface area contributed by atoms with Gasteiger partial charge in [-0.3, -0.25) is 0 Å². The van der Waals surface area contributed by atoms with E-state index in [9.17, 15) is 0 Å². The van der Waals surface area contributed by atoms with Crippen LogP contribution in [-0.2, 0) is 0 Å². The van der Waals surface area contributed by atoms with Gasteiger partial charge in [-0.1, -0.05) is 34.6 Å². The van der Waals surface area contributed by atoms with Crippen LogP contribution in [0, 0.1) is 5.41 Å². The number of rotatable bonds is 11. The van der Waals surface area contributed by atoms with E-state index in [4.69, 9.17) is 0 Å². The minimum atomic E-state index is 0.464. The van der Waals surface area contributed by atoms with Gasteiger partial charge in [0.25, 0.3) is 0 Å². The third-order valence-corrected chi connectivity index (χ3v) is 8.74. The van der Waals surface area contributed by atoms with Crippen LogP contribution in [0.3, 0.4) is 0 Å². The van der Waals surface area contributed by atoms with E-state index in [2.05, 4.69) is 81.7 Å². The second kappa shape index (κ2) is 9.42. The first-order valence-electron chi connectivity index (χ1n) is 7.42. The Hall–Kier alpha value is 1.40. The molecular weight excluding hydrogens is 308 g/mol. The quantitative estimate of drug-likeness (QED) is 0.455. The average molecular weight is 339 g/mol. The van der Waals surface area contributed by atoms with Crippen molar-refractivity contribution < 1.29 is 0 Å². The van der Waals surface area contributed by atoms with Crippen molar-refractivity contribution in [2.24, 2.45) is 5.41 Å². The van der Waals surface area contributed by atoms with E-state index in [1.807, 2.05) is 0 Å². The van der Waals surface area contributed by atoms with Crippen LogP contribution in [-0.4, -0.2) is 44.5 Å². The highest BCUT2D eigenvalue weighted by molar-refractivity contribution is 8.08. The van der Waals surface area contributed by atoms with Crippen molar-refractivity contribution in [1.82, 2.24) is 0 Å². The molecule has 0 radical (unpaired) electrons. The van der Waals surface area contributed by atoms with Crippen molar-refractivity contribution in [1.29, 1.82) is 0 Å². The molecule has 1 fully saturated rings. The van der Waals surface area contributed by atoms with E-state index in [1.165, 1.54) is 35.2 Å². The fourth-order valence-electron chi connectivity index (χ4n) is 2.29. The average Bonchev–Trinajstić information content (AvgIpc) is 3.15. The summed E-state index contributed by atoms with van der Waals surface area (Å²) in [6, 6.07) is 0. The highest BCUT2D eigenvalue weighted by Gasteiger charge is 2.32. The largest absolute Gasteiger partial charge is 0.161 e. The lowest BCUT2D eigenvalue weighted by Gasteiger charge is -2.36. The summed E-state index contributed by atoms with van der Waals surface area (Å²) in [4.78, 5) is 0. The second-order valence-corrected chi connectivity index (χ2v) is 11.5. The zero-order valence-corrected chi connectivity index (χ0v) is 16.4. The maximum atomic E-state index is 2.49. The van der Waals surface area contributed by atoms with Crippen molar-refractivity contribution in [3.8, 4) is 0 Å². The zero-order chi connectivity index (χ0) is 14.3. The molecule has 19 heavy (non-hydrogen) atoms. The number of thioether (sulfide) groups is 4. The lowest BCUT2D eigenvalue weighted by molar-refractivity contribution is 0.337. The van der Waals surface area contributed by atoms with Gasteiger partial charge in [0.15, 0.2) is 0 Å². The molecule has 0 aliphatic carbocycles. The lowest BCUT2D eigenvalue weighted by Crippen LogP contribution is -2.32. The van der Waals surface area contributed by atoms with Gasteiger partial charge < -0.3 is 0 Å². The monoisotopic (exact) mass is 338 g/mol. The molecule has 0 amide bonds. The molecule has 1 aliphatic rings. The molecule has 1 saturated heterocycles. The van der Waals surface area contributed by atoms with Gasteiger partial charge in [0.1, 0.15) is 0 Å². The van der Waals surface area contributed by atoms with Crippen molar-refractivity contribution in [3.05, 3.63) is 0 Å². The summed E-state index contributed by atoms with van der Waals surface area (Å²) in [6.07, 6.45) is 1.36.